The number of methoxy groups -OCH3 is 1. The van der Waals surface area contributed by atoms with E-state index in [1.165, 1.54) is 12.8 Å². The Morgan fingerprint density at radius 3 is 2.53 bits per heavy atom. The quantitative estimate of drug-likeness (QED) is 0.757. The van der Waals surface area contributed by atoms with Gasteiger partial charge in [-0.3, -0.25) is 0 Å². The summed E-state index contributed by atoms with van der Waals surface area (Å²) < 4.78 is 5.02. The topological polar surface area (TPSA) is 72.0 Å². The maximum atomic E-state index is 5.02. The van der Waals surface area contributed by atoms with E-state index in [9.17, 15) is 0 Å². The minimum atomic E-state index is 0.314. The predicted molar refractivity (Wildman–Crippen MR) is 68.5 cm³/mol. The highest BCUT2D eigenvalue weighted by molar-refractivity contribution is 5.35. The third-order valence-corrected chi connectivity index (χ3v) is 2.39. The minimum Gasteiger partial charge on any atom is -0.467 e. The average Bonchev–Trinajstić information content (AvgIpc) is 2.35. The van der Waals surface area contributed by atoms with Crippen molar-refractivity contribution in [1.29, 1.82) is 0 Å². The highest BCUT2D eigenvalue weighted by Gasteiger charge is 2.08. The van der Waals surface area contributed by atoms with E-state index in [-0.39, 0.29) is 0 Å². The fraction of sp³-hybridized carbons (Fsp3) is 0.727. The second-order valence-corrected chi connectivity index (χ2v) is 3.91. The summed E-state index contributed by atoms with van der Waals surface area (Å²) in [6, 6.07) is 0.654. The molecule has 0 saturated carbocycles. The first kappa shape index (κ1) is 13.5. The van der Waals surface area contributed by atoms with Crippen molar-refractivity contribution < 1.29 is 4.74 Å². The summed E-state index contributed by atoms with van der Waals surface area (Å²) in [5.41, 5.74) is 0. The average molecular weight is 239 g/mol. The number of rotatable bonds is 7. The van der Waals surface area contributed by atoms with Crippen molar-refractivity contribution in [2.75, 3.05) is 24.8 Å². The van der Waals surface area contributed by atoms with Crippen molar-refractivity contribution in [1.82, 2.24) is 15.0 Å². The zero-order chi connectivity index (χ0) is 12.7. The fourth-order valence-electron chi connectivity index (χ4n) is 1.43. The van der Waals surface area contributed by atoms with Gasteiger partial charge in [0, 0.05) is 13.1 Å². The first-order valence-electron chi connectivity index (χ1n) is 5.94. The number of aromatic nitrogens is 3. The minimum absolute atomic E-state index is 0.314. The molecule has 17 heavy (non-hydrogen) atoms. The van der Waals surface area contributed by atoms with Crippen molar-refractivity contribution in [3.8, 4) is 6.01 Å². The van der Waals surface area contributed by atoms with Crippen molar-refractivity contribution >= 4 is 11.9 Å². The SMILES string of the molecule is CCCCC(C)Nc1nc(NC)nc(OC)n1. The van der Waals surface area contributed by atoms with Gasteiger partial charge in [-0.25, -0.2) is 0 Å². The van der Waals surface area contributed by atoms with Crippen LogP contribution in [0.25, 0.3) is 0 Å². The Labute approximate surface area is 102 Å². The van der Waals surface area contributed by atoms with E-state index in [4.69, 9.17) is 4.74 Å². The van der Waals surface area contributed by atoms with Crippen molar-refractivity contribution in [2.45, 2.75) is 39.2 Å². The van der Waals surface area contributed by atoms with Gasteiger partial charge in [0.05, 0.1) is 7.11 Å². The molecule has 0 fully saturated rings. The van der Waals surface area contributed by atoms with Crippen LogP contribution in [0.3, 0.4) is 0 Å². The van der Waals surface area contributed by atoms with Gasteiger partial charge in [0.15, 0.2) is 0 Å². The van der Waals surface area contributed by atoms with Gasteiger partial charge in [-0.15, -0.1) is 0 Å². The Balaban J connectivity index is 2.68. The largest absolute Gasteiger partial charge is 0.467 e. The van der Waals surface area contributed by atoms with Crippen LogP contribution in [-0.2, 0) is 0 Å². The van der Waals surface area contributed by atoms with Crippen LogP contribution in [-0.4, -0.2) is 35.2 Å². The molecule has 0 radical (unpaired) electrons. The molecule has 1 atom stereocenters. The Morgan fingerprint density at radius 2 is 1.94 bits per heavy atom. The van der Waals surface area contributed by atoms with E-state index in [1.54, 1.807) is 14.2 Å². The van der Waals surface area contributed by atoms with Crippen molar-refractivity contribution in [3.63, 3.8) is 0 Å². The number of unbranched alkanes of at least 4 members (excludes halogenated alkanes) is 1. The van der Waals surface area contributed by atoms with Crippen LogP contribution in [0.1, 0.15) is 33.1 Å². The molecule has 1 rings (SSSR count). The van der Waals surface area contributed by atoms with E-state index in [0.29, 0.717) is 23.9 Å². The number of hydrogen-bond donors (Lipinski definition) is 2. The summed E-state index contributed by atoms with van der Waals surface area (Å²) in [6.45, 7) is 4.29. The smallest absolute Gasteiger partial charge is 0.322 e. The van der Waals surface area contributed by atoms with Gasteiger partial charge in [-0.1, -0.05) is 19.8 Å². The third kappa shape index (κ3) is 4.42. The second kappa shape index (κ2) is 6.88. The zero-order valence-electron chi connectivity index (χ0n) is 10.9. The lowest BCUT2D eigenvalue weighted by Gasteiger charge is -2.13. The lowest BCUT2D eigenvalue weighted by atomic mass is 10.1. The van der Waals surface area contributed by atoms with Crippen LogP contribution in [0.2, 0.25) is 0 Å². The fourth-order valence-corrected chi connectivity index (χ4v) is 1.43. The first-order valence-corrected chi connectivity index (χ1v) is 5.94. The molecule has 0 aliphatic rings. The molecule has 2 N–H and O–H groups in total. The predicted octanol–water partition coefficient (Wildman–Crippen LogP) is 1.91. The molecule has 0 amide bonds. The van der Waals surface area contributed by atoms with Crippen LogP contribution < -0.4 is 15.4 Å². The molecule has 1 unspecified atom stereocenters. The summed E-state index contributed by atoms with van der Waals surface area (Å²) in [5.74, 6) is 1.05. The van der Waals surface area contributed by atoms with Crippen LogP contribution in [0.15, 0.2) is 0 Å². The van der Waals surface area contributed by atoms with Gasteiger partial charge in [-0.2, -0.15) is 15.0 Å². The molecule has 0 aromatic carbocycles. The van der Waals surface area contributed by atoms with Crippen LogP contribution >= 0.6 is 0 Å². The Bertz CT molecular complexity index is 322. The van der Waals surface area contributed by atoms with Gasteiger partial charge in [-0.05, 0) is 13.3 Å². The maximum absolute atomic E-state index is 5.02. The van der Waals surface area contributed by atoms with Gasteiger partial charge < -0.3 is 15.4 Å². The molecule has 6 nitrogen and oxygen atoms in total. The number of anilines is 2. The molecule has 0 bridgehead atoms. The molecule has 1 aromatic rings. The summed E-state index contributed by atoms with van der Waals surface area (Å²) in [6.07, 6.45) is 3.48. The lowest BCUT2D eigenvalue weighted by molar-refractivity contribution is 0.379. The van der Waals surface area contributed by atoms with E-state index < -0.39 is 0 Å². The Kier molecular flexibility index (Phi) is 5.45. The number of nitrogens with one attached hydrogen (secondary N) is 2. The molecule has 0 saturated heterocycles. The van der Waals surface area contributed by atoms with E-state index in [2.05, 4.69) is 39.4 Å². The van der Waals surface area contributed by atoms with Crippen molar-refractivity contribution in [2.24, 2.45) is 0 Å². The normalized spacial score (nSPS) is 12.0. The first-order chi connectivity index (χ1) is 8.19. The van der Waals surface area contributed by atoms with Crippen LogP contribution in [0.5, 0.6) is 6.01 Å². The molecule has 1 heterocycles. The van der Waals surface area contributed by atoms with Gasteiger partial charge >= 0.3 is 6.01 Å². The molecule has 96 valence electrons. The van der Waals surface area contributed by atoms with E-state index in [1.807, 2.05) is 0 Å². The Morgan fingerprint density at radius 1 is 1.24 bits per heavy atom. The second-order valence-electron chi connectivity index (χ2n) is 3.91. The van der Waals surface area contributed by atoms with Crippen LogP contribution in [0, 0.1) is 0 Å². The summed E-state index contributed by atoms with van der Waals surface area (Å²) in [7, 11) is 3.30. The zero-order valence-corrected chi connectivity index (χ0v) is 10.9. The Hall–Kier alpha value is -1.59. The van der Waals surface area contributed by atoms with Gasteiger partial charge in [0.2, 0.25) is 11.9 Å². The monoisotopic (exact) mass is 239 g/mol. The molecule has 0 aliphatic heterocycles. The molecule has 1 aromatic heterocycles. The highest BCUT2D eigenvalue weighted by atomic mass is 16.5. The van der Waals surface area contributed by atoms with Crippen LogP contribution in [0.4, 0.5) is 11.9 Å². The molecular weight excluding hydrogens is 218 g/mol. The highest BCUT2D eigenvalue weighted by Crippen LogP contribution is 2.12. The number of ether oxygens (including phenoxy) is 1. The summed E-state index contributed by atoms with van der Waals surface area (Å²) >= 11 is 0. The molecule has 6 heteroatoms. The van der Waals surface area contributed by atoms with Crippen molar-refractivity contribution in [3.05, 3.63) is 0 Å². The maximum Gasteiger partial charge on any atom is 0.322 e. The molecular formula is C11H21N5O. The summed E-state index contributed by atoms with van der Waals surface area (Å²) in [5, 5.41) is 6.12. The molecule has 0 spiro atoms. The molecule has 0 aliphatic carbocycles. The van der Waals surface area contributed by atoms with Gasteiger partial charge in [0.25, 0.3) is 0 Å². The van der Waals surface area contributed by atoms with E-state index in [0.717, 1.165) is 6.42 Å². The van der Waals surface area contributed by atoms with E-state index >= 15 is 0 Å². The van der Waals surface area contributed by atoms with Gasteiger partial charge in [0.1, 0.15) is 0 Å². The summed E-state index contributed by atoms with van der Waals surface area (Å²) in [4.78, 5) is 12.4. The number of nitrogens with zero attached hydrogens (tertiary/aromatic N) is 3. The lowest BCUT2D eigenvalue weighted by Crippen LogP contribution is -2.18. The number of hydrogen-bond acceptors (Lipinski definition) is 6. The third-order valence-electron chi connectivity index (χ3n) is 2.39. The standard InChI is InChI=1S/C11H21N5O/c1-5-6-7-8(2)13-10-14-9(12-3)15-11(16-10)17-4/h8H,5-7H2,1-4H3,(H2,12,13,14,15,16).